The molecule has 2 N–H and O–H groups in total. The van der Waals surface area contributed by atoms with Gasteiger partial charge in [-0.3, -0.25) is 4.79 Å². The Morgan fingerprint density at radius 1 is 1.58 bits per heavy atom. The molecule has 3 nitrogen and oxygen atoms in total. The molecular weight excluding hydrogens is 287 g/mol. The lowest BCUT2D eigenvalue weighted by molar-refractivity contribution is -0.116. The van der Waals surface area contributed by atoms with Crippen LogP contribution in [0.1, 0.15) is 12.0 Å². The fourth-order valence-corrected chi connectivity index (χ4v) is 2.85. The van der Waals surface area contributed by atoms with Gasteiger partial charge in [0.2, 0.25) is 5.91 Å². The van der Waals surface area contributed by atoms with E-state index in [0.717, 1.165) is 23.6 Å². The normalized spacial score (nSPS) is 18.5. The van der Waals surface area contributed by atoms with Crippen LogP contribution in [0.25, 0.3) is 0 Å². The fourth-order valence-electron chi connectivity index (χ4n) is 1.90. The Labute approximate surface area is 123 Å². The van der Waals surface area contributed by atoms with E-state index >= 15 is 0 Å². The molecule has 1 saturated heterocycles. The van der Waals surface area contributed by atoms with Crippen molar-refractivity contribution in [3.8, 4) is 0 Å². The third-order valence-electron chi connectivity index (χ3n) is 2.90. The molecule has 1 heterocycles. The van der Waals surface area contributed by atoms with Crippen molar-refractivity contribution in [3.05, 3.63) is 29.6 Å². The number of thioether (sulfide) groups is 1. The number of hydrogen-bond donors (Lipinski definition) is 2. The lowest BCUT2D eigenvalue weighted by Crippen LogP contribution is -2.39. The number of anilines is 1. The van der Waals surface area contributed by atoms with Crippen molar-refractivity contribution < 1.29 is 9.18 Å². The van der Waals surface area contributed by atoms with E-state index in [1.807, 2.05) is 18.7 Å². The summed E-state index contributed by atoms with van der Waals surface area (Å²) < 4.78 is 13.1. The van der Waals surface area contributed by atoms with Crippen LogP contribution >= 0.6 is 24.2 Å². The zero-order valence-electron chi connectivity index (χ0n) is 10.7. The summed E-state index contributed by atoms with van der Waals surface area (Å²) in [6, 6.07) is 4.64. The molecule has 0 spiro atoms. The van der Waals surface area contributed by atoms with Crippen LogP contribution < -0.4 is 10.6 Å². The molecule has 19 heavy (non-hydrogen) atoms. The number of halogens is 2. The van der Waals surface area contributed by atoms with Crippen LogP contribution in [-0.4, -0.2) is 30.0 Å². The summed E-state index contributed by atoms with van der Waals surface area (Å²) in [5.74, 6) is 1.65. The molecule has 0 bridgehead atoms. The predicted molar refractivity (Wildman–Crippen MR) is 80.7 cm³/mol. The van der Waals surface area contributed by atoms with Gasteiger partial charge in [0.05, 0.1) is 0 Å². The maximum Gasteiger partial charge on any atom is 0.225 e. The van der Waals surface area contributed by atoms with Crippen LogP contribution in [0.2, 0.25) is 0 Å². The van der Waals surface area contributed by atoms with Gasteiger partial charge >= 0.3 is 0 Å². The number of hydrogen-bond acceptors (Lipinski definition) is 3. The highest BCUT2D eigenvalue weighted by Crippen LogP contribution is 2.17. The number of rotatable bonds is 3. The topological polar surface area (TPSA) is 41.1 Å². The number of carbonyl (C=O) groups excluding carboxylic acids is 1. The molecule has 0 aliphatic carbocycles. The smallest absolute Gasteiger partial charge is 0.225 e. The van der Waals surface area contributed by atoms with Gasteiger partial charge < -0.3 is 10.6 Å². The second kappa shape index (κ2) is 7.72. The Bertz CT molecular complexity index is 439. The summed E-state index contributed by atoms with van der Waals surface area (Å²) in [7, 11) is 0. The maximum absolute atomic E-state index is 13.1. The number of amides is 1. The van der Waals surface area contributed by atoms with Gasteiger partial charge in [0.25, 0.3) is 0 Å². The molecule has 1 fully saturated rings. The van der Waals surface area contributed by atoms with Gasteiger partial charge in [-0.05, 0) is 24.6 Å². The first-order chi connectivity index (χ1) is 8.65. The maximum atomic E-state index is 13.1. The molecule has 0 radical (unpaired) electrons. The van der Waals surface area contributed by atoms with E-state index in [-0.39, 0.29) is 30.2 Å². The van der Waals surface area contributed by atoms with E-state index in [2.05, 4.69) is 10.6 Å². The van der Waals surface area contributed by atoms with Crippen molar-refractivity contribution in [1.82, 2.24) is 5.32 Å². The van der Waals surface area contributed by atoms with E-state index in [1.54, 1.807) is 6.07 Å². The molecule has 106 valence electrons. The molecule has 1 aromatic carbocycles. The lowest BCUT2D eigenvalue weighted by atomic mass is 10.1. The van der Waals surface area contributed by atoms with Crippen molar-refractivity contribution in [3.63, 3.8) is 0 Å². The summed E-state index contributed by atoms with van der Waals surface area (Å²) >= 11 is 1.85. The van der Waals surface area contributed by atoms with Crippen LogP contribution in [0.15, 0.2) is 18.2 Å². The first-order valence-corrected chi connectivity index (χ1v) is 7.18. The van der Waals surface area contributed by atoms with Gasteiger partial charge in [0, 0.05) is 36.2 Å². The molecule has 1 aliphatic rings. The van der Waals surface area contributed by atoms with Crippen LogP contribution in [0.3, 0.4) is 0 Å². The lowest BCUT2D eigenvalue weighted by Gasteiger charge is -2.22. The summed E-state index contributed by atoms with van der Waals surface area (Å²) in [5.41, 5.74) is 1.43. The highest BCUT2D eigenvalue weighted by molar-refractivity contribution is 7.99. The molecular formula is C13H18ClFN2OS. The molecule has 2 rings (SSSR count). The van der Waals surface area contributed by atoms with Crippen LogP contribution in [0.4, 0.5) is 10.1 Å². The Morgan fingerprint density at radius 3 is 3.05 bits per heavy atom. The van der Waals surface area contributed by atoms with Crippen molar-refractivity contribution in [2.45, 2.75) is 19.4 Å². The van der Waals surface area contributed by atoms with Crippen molar-refractivity contribution in [2.75, 3.05) is 23.4 Å². The Morgan fingerprint density at radius 2 is 2.37 bits per heavy atom. The van der Waals surface area contributed by atoms with Gasteiger partial charge in [0.15, 0.2) is 0 Å². The molecule has 1 aliphatic heterocycles. The first-order valence-electron chi connectivity index (χ1n) is 6.02. The second-order valence-electron chi connectivity index (χ2n) is 4.44. The van der Waals surface area contributed by atoms with Crippen molar-refractivity contribution >= 4 is 35.8 Å². The minimum atomic E-state index is -0.331. The summed E-state index contributed by atoms with van der Waals surface area (Å²) in [4.78, 5) is 11.9. The minimum Gasteiger partial charge on any atom is -0.326 e. The van der Waals surface area contributed by atoms with Crippen LogP contribution in [0.5, 0.6) is 0 Å². The van der Waals surface area contributed by atoms with E-state index in [4.69, 9.17) is 0 Å². The van der Waals surface area contributed by atoms with Crippen molar-refractivity contribution in [1.29, 1.82) is 0 Å². The monoisotopic (exact) mass is 304 g/mol. The number of benzene rings is 1. The summed E-state index contributed by atoms with van der Waals surface area (Å²) in [6.07, 6.45) is 0.433. The highest BCUT2D eigenvalue weighted by Gasteiger charge is 2.17. The number of aryl methyl sites for hydroxylation is 1. The molecule has 1 unspecified atom stereocenters. The summed E-state index contributed by atoms with van der Waals surface area (Å²) in [5, 5.41) is 6.08. The zero-order chi connectivity index (χ0) is 13.0. The molecule has 0 saturated carbocycles. The number of carbonyl (C=O) groups is 1. The standard InChI is InChI=1S/C13H17FN2OS.ClH/c1-9-2-3-10(14)6-12(9)16-13(17)7-11-8-18-5-4-15-11;/h2-3,6,11,15H,4-5,7-8H2,1H3,(H,16,17);1H. The van der Waals surface area contributed by atoms with E-state index in [0.29, 0.717) is 12.1 Å². The third kappa shape index (κ3) is 5.01. The molecule has 6 heteroatoms. The zero-order valence-corrected chi connectivity index (χ0v) is 12.4. The van der Waals surface area contributed by atoms with E-state index < -0.39 is 0 Å². The van der Waals surface area contributed by atoms with Crippen LogP contribution in [0, 0.1) is 12.7 Å². The van der Waals surface area contributed by atoms with E-state index in [9.17, 15) is 9.18 Å². The molecule has 1 atom stereocenters. The predicted octanol–water partition coefficient (Wildman–Crippen LogP) is 2.59. The first kappa shape index (κ1) is 16.3. The van der Waals surface area contributed by atoms with E-state index in [1.165, 1.54) is 12.1 Å². The highest BCUT2D eigenvalue weighted by atomic mass is 35.5. The summed E-state index contributed by atoms with van der Waals surface area (Å²) in [6.45, 7) is 2.80. The Kier molecular flexibility index (Phi) is 6.62. The molecule has 1 amide bonds. The van der Waals surface area contributed by atoms with Gasteiger partial charge in [-0.15, -0.1) is 12.4 Å². The third-order valence-corrected chi connectivity index (χ3v) is 4.03. The van der Waals surface area contributed by atoms with Gasteiger partial charge in [-0.2, -0.15) is 11.8 Å². The van der Waals surface area contributed by atoms with Gasteiger partial charge in [-0.25, -0.2) is 4.39 Å². The molecule has 1 aromatic rings. The second-order valence-corrected chi connectivity index (χ2v) is 5.59. The average Bonchev–Trinajstić information content (AvgIpc) is 2.35. The average molecular weight is 305 g/mol. The quantitative estimate of drug-likeness (QED) is 0.902. The molecule has 0 aromatic heterocycles. The Hall–Kier alpha value is -0.780. The van der Waals surface area contributed by atoms with Crippen LogP contribution in [-0.2, 0) is 4.79 Å². The Balaban J connectivity index is 0.00000180. The SMILES string of the molecule is Cc1ccc(F)cc1NC(=O)CC1CSCCN1.Cl. The number of nitrogens with one attached hydrogen (secondary N) is 2. The minimum absolute atomic E-state index is 0. The van der Waals surface area contributed by atoms with Crippen molar-refractivity contribution in [2.24, 2.45) is 0 Å². The van der Waals surface area contributed by atoms with Gasteiger partial charge in [-0.1, -0.05) is 6.07 Å². The fraction of sp³-hybridized carbons (Fsp3) is 0.462. The largest absolute Gasteiger partial charge is 0.326 e. The van der Waals surface area contributed by atoms with Gasteiger partial charge in [0.1, 0.15) is 5.82 Å².